The number of benzene rings is 1. The highest BCUT2D eigenvalue weighted by atomic mass is 16.4. The molecule has 1 saturated heterocycles. The number of amides is 1. The topological polar surface area (TPSA) is 72.5 Å². The molecule has 0 saturated carbocycles. The van der Waals surface area contributed by atoms with Gasteiger partial charge < -0.3 is 14.9 Å². The summed E-state index contributed by atoms with van der Waals surface area (Å²) in [4.78, 5) is 14.5. The number of hydrogen-bond donors (Lipinski definition) is 2. The van der Waals surface area contributed by atoms with Crippen LogP contribution in [0.3, 0.4) is 0 Å². The van der Waals surface area contributed by atoms with Crippen LogP contribution >= 0.6 is 0 Å². The minimum Gasteiger partial charge on any atom is -0.465 e. The molecule has 1 amide bonds. The van der Waals surface area contributed by atoms with E-state index in [2.05, 4.69) is 21.2 Å². The number of rotatable bonds is 1. The van der Waals surface area contributed by atoms with E-state index < -0.39 is 6.09 Å². The lowest BCUT2D eigenvalue weighted by Gasteiger charge is -2.34. The molecule has 0 radical (unpaired) electrons. The van der Waals surface area contributed by atoms with Crippen molar-refractivity contribution < 1.29 is 9.90 Å². The van der Waals surface area contributed by atoms with Gasteiger partial charge in [0.1, 0.15) is 0 Å². The fourth-order valence-corrected chi connectivity index (χ4v) is 2.28. The number of nitrogens with zero attached hydrogens (tertiary/aromatic N) is 3. The molecule has 0 unspecified atom stereocenters. The van der Waals surface area contributed by atoms with Gasteiger partial charge in [-0.1, -0.05) is 0 Å². The standard InChI is InChI=1S/C12H14N4O2/c17-12(18)16-5-3-15(4-6-16)10-1-2-11-9(7-10)8-13-14-11/h1-2,7-8H,3-6H2,(H,13,14)(H,17,18). The predicted molar refractivity (Wildman–Crippen MR) is 67.9 cm³/mol. The number of aromatic nitrogens is 2. The highest BCUT2D eigenvalue weighted by Crippen LogP contribution is 2.21. The van der Waals surface area contributed by atoms with E-state index in [1.165, 1.54) is 4.90 Å². The molecule has 0 atom stereocenters. The summed E-state index contributed by atoms with van der Waals surface area (Å²) in [5, 5.41) is 16.9. The van der Waals surface area contributed by atoms with Gasteiger partial charge >= 0.3 is 6.09 Å². The zero-order valence-corrected chi connectivity index (χ0v) is 9.83. The number of aromatic amines is 1. The molecule has 1 aliphatic heterocycles. The van der Waals surface area contributed by atoms with Gasteiger partial charge in [-0.05, 0) is 18.2 Å². The van der Waals surface area contributed by atoms with Gasteiger partial charge in [-0.3, -0.25) is 5.10 Å². The highest BCUT2D eigenvalue weighted by molar-refractivity contribution is 5.82. The third-order valence-corrected chi connectivity index (χ3v) is 3.34. The Labute approximate surface area is 104 Å². The van der Waals surface area contributed by atoms with Crippen LogP contribution < -0.4 is 4.90 Å². The number of hydrogen-bond acceptors (Lipinski definition) is 3. The molecular weight excluding hydrogens is 232 g/mol. The van der Waals surface area contributed by atoms with Gasteiger partial charge in [0.25, 0.3) is 0 Å². The monoisotopic (exact) mass is 246 g/mol. The molecule has 1 aromatic carbocycles. The number of H-pyrrole nitrogens is 1. The number of anilines is 1. The highest BCUT2D eigenvalue weighted by Gasteiger charge is 2.20. The van der Waals surface area contributed by atoms with Gasteiger partial charge in [-0.25, -0.2) is 4.79 Å². The Balaban J connectivity index is 1.77. The van der Waals surface area contributed by atoms with E-state index in [1.54, 1.807) is 6.20 Å². The quantitative estimate of drug-likeness (QED) is 0.797. The van der Waals surface area contributed by atoms with Gasteiger partial charge in [-0.2, -0.15) is 5.10 Å². The largest absolute Gasteiger partial charge is 0.465 e. The van der Waals surface area contributed by atoms with E-state index in [9.17, 15) is 4.79 Å². The number of nitrogens with one attached hydrogen (secondary N) is 1. The van der Waals surface area contributed by atoms with Gasteiger partial charge in [-0.15, -0.1) is 0 Å². The molecule has 0 aliphatic carbocycles. The first-order valence-electron chi connectivity index (χ1n) is 5.90. The van der Waals surface area contributed by atoms with E-state index in [0.717, 1.165) is 29.7 Å². The average molecular weight is 246 g/mol. The van der Waals surface area contributed by atoms with E-state index >= 15 is 0 Å². The van der Waals surface area contributed by atoms with Crippen molar-refractivity contribution in [3.05, 3.63) is 24.4 Å². The first-order valence-corrected chi connectivity index (χ1v) is 5.90. The summed E-state index contributed by atoms with van der Waals surface area (Å²) in [5.74, 6) is 0. The SMILES string of the molecule is O=C(O)N1CCN(c2ccc3[nH]ncc3c2)CC1. The number of piperazine rings is 1. The first kappa shape index (κ1) is 10.9. The average Bonchev–Trinajstić information content (AvgIpc) is 2.86. The normalized spacial score (nSPS) is 16.2. The summed E-state index contributed by atoms with van der Waals surface area (Å²) >= 11 is 0. The van der Waals surface area contributed by atoms with Gasteiger partial charge in [0, 0.05) is 37.3 Å². The minimum absolute atomic E-state index is 0.554. The Morgan fingerprint density at radius 1 is 1.28 bits per heavy atom. The molecule has 18 heavy (non-hydrogen) atoms. The molecule has 94 valence electrons. The van der Waals surface area contributed by atoms with Crippen LogP contribution in [0.4, 0.5) is 10.5 Å². The van der Waals surface area contributed by atoms with Crippen LogP contribution in [-0.4, -0.2) is 52.5 Å². The summed E-state index contributed by atoms with van der Waals surface area (Å²) in [6, 6.07) is 6.12. The molecule has 6 nitrogen and oxygen atoms in total. The lowest BCUT2D eigenvalue weighted by atomic mass is 10.2. The zero-order chi connectivity index (χ0) is 12.5. The van der Waals surface area contributed by atoms with Crippen molar-refractivity contribution in [3.63, 3.8) is 0 Å². The Morgan fingerprint density at radius 3 is 2.78 bits per heavy atom. The predicted octanol–water partition coefficient (Wildman–Crippen LogP) is 1.36. The second kappa shape index (κ2) is 4.21. The lowest BCUT2D eigenvalue weighted by molar-refractivity contribution is 0.142. The van der Waals surface area contributed by atoms with E-state index in [-0.39, 0.29) is 0 Å². The van der Waals surface area contributed by atoms with E-state index in [1.807, 2.05) is 12.1 Å². The third-order valence-electron chi connectivity index (χ3n) is 3.34. The molecule has 3 rings (SSSR count). The molecular formula is C12H14N4O2. The first-order chi connectivity index (χ1) is 8.74. The van der Waals surface area contributed by atoms with Gasteiger partial charge in [0.05, 0.1) is 11.7 Å². The Bertz CT molecular complexity index is 572. The fourth-order valence-electron chi connectivity index (χ4n) is 2.28. The number of fused-ring (bicyclic) bond motifs is 1. The van der Waals surface area contributed by atoms with Crippen molar-refractivity contribution in [3.8, 4) is 0 Å². The zero-order valence-electron chi connectivity index (χ0n) is 9.83. The maximum absolute atomic E-state index is 10.8. The smallest absolute Gasteiger partial charge is 0.407 e. The van der Waals surface area contributed by atoms with E-state index in [4.69, 9.17) is 5.11 Å². The van der Waals surface area contributed by atoms with Crippen LogP contribution in [0.5, 0.6) is 0 Å². The molecule has 0 bridgehead atoms. The van der Waals surface area contributed by atoms with Crippen LogP contribution in [0, 0.1) is 0 Å². The fraction of sp³-hybridized carbons (Fsp3) is 0.333. The van der Waals surface area contributed by atoms with Crippen molar-refractivity contribution in [2.45, 2.75) is 0 Å². The lowest BCUT2D eigenvalue weighted by Crippen LogP contribution is -2.48. The summed E-state index contributed by atoms with van der Waals surface area (Å²) < 4.78 is 0. The van der Waals surface area contributed by atoms with Crippen LogP contribution in [0.2, 0.25) is 0 Å². The number of carboxylic acid groups (broad SMARTS) is 1. The number of carbonyl (C=O) groups is 1. The van der Waals surface area contributed by atoms with Crippen LogP contribution in [0.1, 0.15) is 0 Å². The van der Waals surface area contributed by atoms with Crippen LogP contribution in [-0.2, 0) is 0 Å². The molecule has 2 heterocycles. The molecule has 2 aromatic rings. The molecule has 6 heteroatoms. The Morgan fingerprint density at radius 2 is 2.06 bits per heavy atom. The summed E-state index contributed by atoms with van der Waals surface area (Å²) in [6.45, 7) is 2.57. The summed E-state index contributed by atoms with van der Waals surface area (Å²) in [6.07, 6.45) is 0.965. The second-order valence-electron chi connectivity index (χ2n) is 4.40. The van der Waals surface area contributed by atoms with Crippen molar-refractivity contribution in [2.24, 2.45) is 0 Å². The maximum atomic E-state index is 10.8. The molecule has 1 aromatic heterocycles. The van der Waals surface area contributed by atoms with Crippen molar-refractivity contribution in [1.29, 1.82) is 0 Å². The van der Waals surface area contributed by atoms with Gasteiger partial charge in [0.15, 0.2) is 0 Å². The minimum atomic E-state index is -0.833. The molecule has 1 aliphatic rings. The molecule has 0 spiro atoms. The van der Waals surface area contributed by atoms with E-state index in [0.29, 0.717) is 13.1 Å². The van der Waals surface area contributed by atoms with Crippen LogP contribution in [0.25, 0.3) is 10.9 Å². The maximum Gasteiger partial charge on any atom is 0.407 e. The summed E-state index contributed by atoms with van der Waals surface area (Å²) in [5.41, 5.74) is 2.14. The third kappa shape index (κ3) is 1.85. The summed E-state index contributed by atoms with van der Waals surface area (Å²) in [7, 11) is 0. The Hall–Kier alpha value is -2.24. The molecule has 1 fully saturated rings. The van der Waals surface area contributed by atoms with Crippen molar-refractivity contribution in [1.82, 2.24) is 15.1 Å². The Kier molecular flexibility index (Phi) is 2.55. The van der Waals surface area contributed by atoms with Crippen LogP contribution in [0.15, 0.2) is 24.4 Å². The van der Waals surface area contributed by atoms with Crippen molar-refractivity contribution >= 4 is 22.7 Å². The van der Waals surface area contributed by atoms with Gasteiger partial charge in [0.2, 0.25) is 0 Å². The second-order valence-corrected chi connectivity index (χ2v) is 4.40. The molecule has 2 N–H and O–H groups in total. The van der Waals surface area contributed by atoms with Crippen molar-refractivity contribution in [2.75, 3.05) is 31.1 Å².